The molecule has 0 aromatic heterocycles. The summed E-state index contributed by atoms with van der Waals surface area (Å²) in [7, 11) is 0. The van der Waals surface area contributed by atoms with Crippen LogP contribution >= 0.6 is 24.8 Å². The zero-order valence-corrected chi connectivity index (χ0v) is 6.25. The van der Waals surface area contributed by atoms with Crippen LogP contribution < -0.4 is 27.9 Å². The van der Waals surface area contributed by atoms with Crippen LogP contribution in [0.15, 0.2) is 0 Å². The summed E-state index contributed by atoms with van der Waals surface area (Å²) < 4.78 is 24.5. The van der Waals surface area contributed by atoms with Crippen LogP contribution in [0.2, 0.25) is 0 Å². The van der Waals surface area contributed by atoms with Gasteiger partial charge in [0.1, 0.15) is 0 Å². The maximum atomic E-state index is 8.68. The van der Waals surface area contributed by atoms with Crippen molar-refractivity contribution in [2.24, 2.45) is 0 Å². The van der Waals surface area contributed by atoms with Crippen molar-refractivity contribution in [3.63, 3.8) is 0 Å². The molecule has 0 saturated heterocycles. The van der Waals surface area contributed by atoms with E-state index in [1.54, 1.807) is 0 Å². The SMILES string of the molecule is Cl.Cl.[O-][I+2]([O-])O. The Labute approximate surface area is 56.2 Å². The predicted octanol–water partition coefficient (Wildman–Crippen LogP) is -5.09. The lowest BCUT2D eigenvalue weighted by Crippen LogP contribution is -3.98. The van der Waals surface area contributed by atoms with E-state index in [1.807, 2.05) is 0 Å². The van der Waals surface area contributed by atoms with Crippen molar-refractivity contribution in [2.45, 2.75) is 0 Å². The van der Waals surface area contributed by atoms with Gasteiger partial charge in [0.25, 0.3) is 0 Å². The first-order valence-corrected chi connectivity index (χ1v) is 3.20. The van der Waals surface area contributed by atoms with Crippen molar-refractivity contribution in [1.82, 2.24) is 0 Å². The molecular formula is H3Cl2IO3. The molecule has 6 heavy (non-hydrogen) atoms. The van der Waals surface area contributed by atoms with Gasteiger partial charge < -0.3 is 6.87 Å². The Kier molecular flexibility index (Phi) is 24.8. The van der Waals surface area contributed by atoms with Crippen LogP contribution in [0, 0.1) is 0 Å². The molecule has 0 aromatic rings. The normalized spacial score (nSPS) is 6.00. The van der Waals surface area contributed by atoms with Crippen LogP contribution in [0.25, 0.3) is 0 Å². The van der Waals surface area contributed by atoms with Gasteiger partial charge in [0.2, 0.25) is 0 Å². The summed E-state index contributed by atoms with van der Waals surface area (Å²) in [5, 5.41) is 0. The smallest absolute Gasteiger partial charge is 0.396 e. The topological polar surface area (TPSA) is 66.3 Å². The number of halogens is 3. The average Bonchev–Trinajstić information content (AvgIpc) is 0.811. The lowest BCUT2D eigenvalue weighted by molar-refractivity contribution is -1.63. The van der Waals surface area contributed by atoms with E-state index in [4.69, 9.17) is 10.3 Å². The van der Waals surface area contributed by atoms with Gasteiger partial charge >= 0.3 is 21.1 Å². The Morgan fingerprint density at radius 1 is 1.17 bits per heavy atom. The molecule has 0 aromatic carbocycles. The summed E-state index contributed by atoms with van der Waals surface area (Å²) >= 11 is -3.76. The van der Waals surface area contributed by atoms with Gasteiger partial charge in [-0.2, -0.15) is 0 Å². The summed E-state index contributed by atoms with van der Waals surface area (Å²) in [4.78, 5) is 0. The molecule has 42 valence electrons. The van der Waals surface area contributed by atoms with Crippen molar-refractivity contribution in [2.75, 3.05) is 0 Å². The predicted molar refractivity (Wildman–Crippen MR) is 16.7 cm³/mol. The zero-order chi connectivity index (χ0) is 3.58. The van der Waals surface area contributed by atoms with Crippen molar-refractivity contribution in [3.05, 3.63) is 0 Å². The van der Waals surface area contributed by atoms with Crippen LogP contribution in [-0.4, -0.2) is 3.44 Å². The van der Waals surface area contributed by atoms with Gasteiger partial charge in [-0.1, -0.05) is 0 Å². The standard InChI is InChI=1S/2ClH.HIO3/c;;2-1(3)4/h2*1H;2H. The quantitative estimate of drug-likeness (QED) is 0.437. The van der Waals surface area contributed by atoms with Gasteiger partial charge in [0, 0.05) is 0 Å². The van der Waals surface area contributed by atoms with Crippen molar-refractivity contribution in [3.8, 4) is 0 Å². The Morgan fingerprint density at radius 2 is 1.17 bits per heavy atom. The molecule has 0 spiro atoms. The van der Waals surface area contributed by atoms with Crippen molar-refractivity contribution >= 4 is 24.8 Å². The third-order valence-corrected chi connectivity index (χ3v) is 0. The van der Waals surface area contributed by atoms with E-state index in [2.05, 4.69) is 0 Å². The highest BCUT2D eigenvalue weighted by Gasteiger charge is 1.89. The zero-order valence-electron chi connectivity index (χ0n) is 2.46. The molecule has 0 fully saturated rings. The first-order valence-electron chi connectivity index (χ1n) is 0.478. The Morgan fingerprint density at radius 3 is 1.17 bits per heavy atom. The summed E-state index contributed by atoms with van der Waals surface area (Å²) in [5.41, 5.74) is 0. The summed E-state index contributed by atoms with van der Waals surface area (Å²) in [6.07, 6.45) is 0. The minimum Gasteiger partial charge on any atom is -0.396 e. The summed E-state index contributed by atoms with van der Waals surface area (Å²) in [6.45, 7) is 0. The molecule has 0 bridgehead atoms. The van der Waals surface area contributed by atoms with Crippen LogP contribution in [0.4, 0.5) is 0 Å². The molecule has 0 radical (unpaired) electrons. The highest BCUT2D eigenvalue weighted by atomic mass is 127. The second kappa shape index (κ2) is 9.50. The highest BCUT2D eigenvalue weighted by molar-refractivity contribution is 5.85. The van der Waals surface area contributed by atoms with Crippen LogP contribution in [0.3, 0.4) is 0 Å². The molecule has 0 unspecified atom stereocenters. The molecular weight excluding hydrogens is 246 g/mol. The third-order valence-electron chi connectivity index (χ3n) is 0. The molecule has 0 amide bonds. The molecule has 6 heteroatoms. The lowest BCUT2D eigenvalue weighted by atomic mass is 16.0. The maximum absolute atomic E-state index is 8.68. The largest absolute Gasteiger partial charge is 0.503 e. The number of rotatable bonds is 0. The van der Waals surface area contributed by atoms with E-state index < -0.39 is 21.1 Å². The Bertz CT molecular complexity index is 13.5. The van der Waals surface area contributed by atoms with E-state index in [-0.39, 0.29) is 24.8 Å². The number of hydrogen-bond acceptors (Lipinski definition) is 3. The van der Waals surface area contributed by atoms with Crippen molar-refractivity contribution < 1.29 is 31.4 Å². The van der Waals surface area contributed by atoms with Gasteiger partial charge in [-0.25, -0.2) is 0 Å². The van der Waals surface area contributed by atoms with Crippen LogP contribution in [0.1, 0.15) is 0 Å². The average molecular weight is 249 g/mol. The minimum absolute atomic E-state index is 0. The first-order chi connectivity index (χ1) is 1.73. The van der Waals surface area contributed by atoms with Crippen molar-refractivity contribution in [1.29, 1.82) is 0 Å². The maximum Gasteiger partial charge on any atom is 0.503 e. The Hall–Kier alpha value is 1.19. The molecule has 0 atom stereocenters. The summed E-state index contributed by atoms with van der Waals surface area (Å²) in [5.74, 6) is 0. The minimum atomic E-state index is -3.76. The van der Waals surface area contributed by atoms with E-state index >= 15 is 0 Å². The van der Waals surface area contributed by atoms with E-state index in [9.17, 15) is 0 Å². The van der Waals surface area contributed by atoms with Crippen LogP contribution in [0.5, 0.6) is 0 Å². The molecule has 0 heterocycles. The lowest BCUT2D eigenvalue weighted by Gasteiger charge is -1.67. The van der Waals surface area contributed by atoms with Gasteiger partial charge in [0.15, 0.2) is 0 Å². The first kappa shape index (κ1) is 15.7. The summed E-state index contributed by atoms with van der Waals surface area (Å²) in [6, 6.07) is 0. The fourth-order valence-electron chi connectivity index (χ4n) is 0. The van der Waals surface area contributed by atoms with E-state index in [1.165, 1.54) is 0 Å². The molecule has 0 saturated carbocycles. The Balaban J connectivity index is -0.0000000450. The van der Waals surface area contributed by atoms with Crippen LogP contribution in [-0.2, 0) is 0 Å². The number of hydrogen-bond donors (Lipinski definition) is 1. The fraction of sp³-hybridized carbons (Fsp3) is 0. The molecule has 0 aliphatic heterocycles. The van der Waals surface area contributed by atoms with E-state index in [0.717, 1.165) is 0 Å². The van der Waals surface area contributed by atoms with Gasteiger partial charge in [-0.15, -0.1) is 24.8 Å². The molecule has 1 N–H and O–H groups in total. The molecule has 0 aliphatic rings. The molecule has 0 aliphatic carbocycles. The third kappa shape index (κ3) is 64.3. The second-order valence-corrected chi connectivity index (χ2v) is 1.35. The molecule has 0 rings (SSSR count). The van der Waals surface area contributed by atoms with Gasteiger partial charge in [-0.3, -0.25) is 0 Å². The van der Waals surface area contributed by atoms with E-state index in [0.29, 0.717) is 0 Å². The second-order valence-electron chi connectivity index (χ2n) is 0.201. The highest BCUT2D eigenvalue weighted by Crippen LogP contribution is 0.691. The monoisotopic (exact) mass is 248 g/mol. The van der Waals surface area contributed by atoms with Gasteiger partial charge in [-0.05, 0) is 3.44 Å². The van der Waals surface area contributed by atoms with Gasteiger partial charge in [0.05, 0.1) is 0 Å². The molecule has 3 nitrogen and oxygen atoms in total. The fourth-order valence-corrected chi connectivity index (χ4v) is 0.